The van der Waals surface area contributed by atoms with E-state index in [9.17, 15) is 0 Å². The largest absolute Gasteiger partial charge is 0.373 e. The van der Waals surface area contributed by atoms with Crippen molar-refractivity contribution in [1.29, 1.82) is 0 Å². The highest BCUT2D eigenvalue weighted by molar-refractivity contribution is 4.72. The summed E-state index contributed by atoms with van der Waals surface area (Å²) in [5.74, 6) is 0. The van der Waals surface area contributed by atoms with Gasteiger partial charge in [-0.2, -0.15) is 0 Å². The second-order valence-corrected chi connectivity index (χ2v) is 3.87. The highest BCUT2D eigenvalue weighted by Gasteiger charge is 2.20. The van der Waals surface area contributed by atoms with E-state index in [1.54, 1.807) is 0 Å². The summed E-state index contributed by atoms with van der Waals surface area (Å²) in [5, 5.41) is 0. The Labute approximate surface area is 75.9 Å². The molecule has 72 valence electrons. The van der Waals surface area contributed by atoms with Crippen LogP contribution in [0, 0.1) is 0 Å². The Morgan fingerprint density at radius 2 is 1.83 bits per heavy atom. The summed E-state index contributed by atoms with van der Waals surface area (Å²) in [6.45, 7) is 10.0. The maximum absolute atomic E-state index is 5.65. The number of hydrogen-bond acceptors (Lipinski definition) is 2. The van der Waals surface area contributed by atoms with E-state index < -0.39 is 0 Å². The van der Waals surface area contributed by atoms with E-state index in [0.29, 0.717) is 12.2 Å². The van der Waals surface area contributed by atoms with Crippen molar-refractivity contribution in [2.24, 2.45) is 0 Å². The molecule has 0 saturated carbocycles. The van der Waals surface area contributed by atoms with Gasteiger partial charge in [-0.05, 0) is 26.8 Å². The molecule has 1 aliphatic rings. The summed E-state index contributed by atoms with van der Waals surface area (Å²) >= 11 is 0. The zero-order valence-corrected chi connectivity index (χ0v) is 8.55. The fourth-order valence-electron chi connectivity index (χ4n) is 1.85. The van der Waals surface area contributed by atoms with Gasteiger partial charge in [0.25, 0.3) is 0 Å². The lowest BCUT2D eigenvalue weighted by atomic mass is 10.2. The quantitative estimate of drug-likeness (QED) is 0.643. The third-order valence-corrected chi connectivity index (χ3v) is 2.32. The first kappa shape index (κ1) is 10.0. The van der Waals surface area contributed by atoms with Crippen molar-refractivity contribution in [2.75, 3.05) is 19.6 Å². The van der Waals surface area contributed by atoms with E-state index in [-0.39, 0.29) is 0 Å². The highest BCUT2D eigenvalue weighted by atomic mass is 16.5. The molecule has 0 N–H and O–H groups in total. The van der Waals surface area contributed by atoms with Crippen LogP contribution in [0.4, 0.5) is 0 Å². The van der Waals surface area contributed by atoms with Gasteiger partial charge < -0.3 is 4.74 Å². The molecule has 2 nitrogen and oxygen atoms in total. The molecule has 0 aromatic rings. The lowest BCUT2D eigenvalue weighted by molar-refractivity contribution is -0.0680. The smallest absolute Gasteiger partial charge is 0.0678 e. The van der Waals surface area contributed by atoms with Gasteiger partial charge >= 0.3 is 0 Å². The number of ether oxygens (including phenoxy) is 1. The Balaban J connectivity index is 2.24. The van der Waals surface area contributed by atoms with Crippen LogP contribution in [0.15, 0.2) is 0 Å². The molecule has 1 rings (SSSR count). The van der Waals surface area contributed by atoms with Crippen LogP contribution in [0.5, 0.6) is 0 Å². The van der Waals surface area contributed by atoms with Crippen LogP contribution in [0.2, 0.25) is 0 Å². The maximum Gasteiger partial charge on any atom is 0.0678 e. The van der Waals surface area contributed by atoms with Crippen LogP contribution < -0.4 is 0 Å². The number of nitrogens with zero attached hydrogens (tertiary/aromatic N) is 1. The van der Waals surface area contributed by atoms with Crippen molar-refractivity contribution in [1.82, 2.24) is 4.90 Å². The van der Waals surface area contributed by atoms with Gasteiger partial charge in [0, 0.05) is 13.1 Å². The molecule has 1 saturated heterocycles. The molecule has 12 heavy (non-hydrogen) atoms. The first-order valence-corrected chi connectivity index (χ1v) is 5.10. The molecule has 1 aliphatic heterocycles. The second kappa shape index (κ2) is 4.83. The van der Waals surface area contributed by atoms with Crippen LogP contribution in [-0.4, -0.2) is 36.7 Å². The van der Waals surface area contributed by atoms with Crippen molar-refractivity contribution in [3.8, 4) is 0 Å². The molecule has 0 spiro atoms. The Hall–Kier alpha value is -0.0800. The lowest BCUT2D eigenvalue weighted by Gasteiger charge is -2.35. The topological polar surface area (TPSA) is 12.5 Å². The lowest BCUT2D eigenvalue weighted by Crippen LogP contribution is -2.45. The predicted octanol–water partition coefficient (Wildman–Crippen LogP) is 1.90. The summed E-state index contributed by atoms with van der Waals surface area (Å²) in [6, 6.07) is 0. The number of unbranched alkanes of at least 4 members (excludes halogenated alkanes) is 1. The number of rotatable bonds is 3. The van der Waals surface area contributed by atoms with Crippen molar-refractivity contribution in [3.05, 3.63) is 0 Å². The molecule has 1 heterocycles. The molecule has 2 heteroatoms. The van der Waals surface area contributed by atoms with E-state index in [2.05, 4.69) is 25.7 Å². The summed E-state index contributed by atoms with van der Waals surface area (Å²) < 4.78 is 5.65. The van der Waals surface area contributed by atoms with E-state index >= 15 is 0 Å². The van der Waals surface area contributed by atoms with Crippen molar-refractivity contribution in [2.45, 2.75) is 45.8 Å². The van der Waals surface area contributed by atoms with Crippen molar-refractivity contribution < 1.29 is 4.74 Å². The van der Waals surface area contributed by atoms with E-state index in [1.165, 1.54) is 19.4 Å². The number of hydrogen-bond donors (Lipinski definition) is 0. The maximum atomic E-state index is 5.65. The van der Waals surface area contributed by atoms with Crippen molar-refractivity contribution in [3.63, 3.8) is 0 Å². The normalized spacial score (nSPS) is 32.2. The minimum Gasteiger partial charge on any atom is -0.373 e. The predicted molar refractivity (Wildman–Crippen MR) is 51.4 cm³/mol. The molecule has 0 unspecified atom stereocenters. The summed E-state index contributed by atoms with van der Waals surface area (Å²) in [4.78, 5) is 2.52. The van der Waals surface area contributed by atoms with Crippen LogP contribution in [0.25, 0.3) is 0 Å². The highest BCUT2D eigenvalue weighted by Crippen LogP contribution is 2.10. The monoisotopic (exact) mass is 171 g/mol. The fourth-order valence-corrected chi connectivity index (χ4v) is 1.85. The van der Waals surface area contributed by atoms with Gasteiger partial charge in [-0.3, -0.25) is 4.90 Å². The van der Waals surface area contributed by atoms with Gasteiger partial charge in [-0.1, -0.05) is 13.3 Å². The Morgan fingerprint density at radius 3 is 2.33 bits per heavy atom. The zero-order chi connectivity index (χ0) is 8.97. The number of morpholine rings is 1. The molecular weight excluding hydrogens is 150 g/mol. The third-order valence-electron chi connectivity index (χ3n) is 2.32. The first-order chi connectivity index (χ1) is 5.72. The molecule has 0 aliphatic carbocycles. The van der Waals surface area contributed by atoms with Gasteiger partial charge in [0.1, 0.15) is 0 Å². The van der Waals surface area contributed by atoms with Gasteiger partial charge in [0.15, 0.2) is 0 Å². The minimum atomic E-state index is 0.422. The Bertz CT molecular complexity index is 117. The average molecular weight is 171 g/mol. The summed E-state index contributed by atoms with van der Waals surface area (Å²) in [7, 11) is 0. The average Bonchev–Trinajstić information content (AvgIpc) is 1.99. The Morgan fingerprint density at radius 1 is 1.25 bits per heavy atom. The Kier molecular flexibility index (Phi) is 4.02. The molecule has 1 fully saturated rings. The molecular formula is C10H21NO. The standard InChI is InChI=1S/C10H21NO/c1-4-5-6-11-7-9(2)12-10(3)8-11/h9-10H,4-8H2,1-3H3/t9-,10-/m0/s1. The minimum absolute atomic E-state index is 0.422. The molecule has 0 aromatic carbocycles. The van der Waals surface area contributed by atoms with Gasteiger partial charge in [0.05, 0.1) is 12.2 Å². The summed E-state index contributed by atoms with van der Waals surface area (Å²) in [6.07, 6.45) is 3.45. The van der Waals surface area contributed by atoms with Crippen LogP contribution in [0.1, 0.15) is 33.6 Å². The first-order valence-electron chi connectivity index (χ1n) is 5.10. The van der Waals surface area contributed by atoms with E-state index in [1.807, 2.05) is 0 Å². The van der Waals surface area contributed by atoms with Gasteiger partial charge in [0.2, 0.25) is 0 Å². The van der Waals surface area contributed by atoms with E-state index in [4.69, 9.17) is 4.74 Å². The van der Waals surface area contributed by atoms with Crippen LogP contribution in [-0.2, 0) is 4.74 Å². The zero-order valence-electron chi connectivity index (χ0n) is 8.55. The molecule has 0 aromatic heterocycles. The van der Waals surface area contributed by atoms with Gasteiger partial charge in [-0.15, -0.1) is 0 Å². The molecule has 0 bridgehead atoms. The van der Waals surface area contributed by atoms with E-state index in [0.717, 1.165) is 13.1 Å². The molecule has 2 atom stereocenters. The SMILES string of the molecule is CCCCN1C[C@H](C)O[C@@H](C)C1. The van der Waals surface area contributed by atoms with Crippen LogP contribution >= 0.6 is 0 Å². The third kappa shape index (κ3) is 3.11. The molecule has 0 amide bonds. The van der Waals surface area contributed by atoms with Crippen LogP contribution in [0.3, 0.4) is 0 Å². The summed E-state index contributed by atoms with van der Waals surface area (Å²) in [5.41, 5.74) is 0. The van der Waals surface area contributed by atoms with Crippen molar-refractivity contribution >= 4 is 0 Å². The second-order valence-electron chi connectivity index (χ2n) is 3.87. The molecule has 0 radical (unpaired) electrons. The fraction of sp³-hybridized carbons (Fsp3) is 1.00. The van der Waals surface area contributed by atoms with Gasteiger partial charge in [-0.25, -0.2) is 0 Å².